The lowest BCUT2D eigenvalue weighted by Crippen LogP contribution is -2.43. The number of fused-ring (bicyclic) bond motifs is 4. The van der Waals surface area contributed by atoms with E-state index >= 15 is 0 Å². The van der Waals surface area contributed by atoms with Crippen molar-refractivity contribution in [1.82, 2.24) is 14.8 Å². The Hall–Kier alpha value is -1.78. The lowest BCUT2D eigenvalue weighted by molar-refractivity contribution is 0.217. The summed E-state index contributed by atoms with van der Waals surface area (Å²) in [6.45, 7) is 3.34. The van der Waals surface area contributed by atoms with E-state index in [4.69, 9.17) is 11.6 Å². The van der Waals surface area contributed by atoms with Crippen LogP contribution in [0.2, 0.25) is 5.02 Å². The molecule has 0 spiro atoms. The van der Waals surface area contributed by atoms with Gasteiger partial charge in [0.1, 0.15) is 0 Å². The number of hydrogen-bond acceptors (Lipinski definition) is 2. The Morgan fingerprint density at radius 3 is 2.79 bits per heavy atom. The van der Waals surface area contributed by atoms with Crippen molar-refractivity contribution in [2.24, 2.45) is 5.92 Å². The molecular weight excluding hydrogens is 322 g/mol. The molecule has 3 aliphatic heterocycles. The Balaban J connectivity index is 1.45. The molecule has 0 saturated carbocycles. The number of rotatable bonds is 2. The summed E-state index contributed by atoms with van der Waals surface area (Å²) in [5, 5.41) is 3.91. The van der Waals surface area contributed by atoms with Crippen LogP contribution in [0.15, 0.2) is 42.7 Å². The van der Waals surface area contributed by atoms with Gasteiger partial charge < -0.3 is 10.2 Å². The zero-order chi connectivity index (χ0) is 16.5. The Morgan fingerprint density at radius 1 is 1.17 bits per heavy atom. The van der Waals surface area contributed by atoms with E-state index in [2.05, 4.69) is 10.2 Å². The van der Waals surface area contributed by atoms with E-state index in [1.807, 2.05) is 42.7 Å². The number of aromatic nitrogens is 1. The number of carbonyl (C=O) groups excluding carboxylic acids is 1. The van der Waals surface area contributed by atoms with E-state index in [1.165, 1.54) is 25.9 Å². The predicted octanol–water partition coefficient (Wildman–Crippen LogP) is 3.85. The molecule has 0 aliphatic carbocycles. The number of halogens is 1. The van der Waals surface area contributed by atoms with Gasteiger partial charge in [0.05, 0.1) is 0 Å². The van der Waals surface area contributed by atoms with Crippen molar-refractivity contribution in [2.75, 3.05) is 19.6 Å². The number of hydrogen-bond donors (Lipinski definition) is 1. The monoisotopic (exact) mass is 343 g/mol. The predicted molar refractivity (Wildman–Crippen MR) is 96.4 cm³/mol. The number of nitrogens with zero attached hydrogens (tertiary/aromatic N) is 2. The minimum atomic E-state index is -0.0456. The van der Waals surface area contributed by atoms with E-state index in [0.29, 0.717) is 5.02 Å². The summed E-state index contributed by atoms with van der Waals surface area (Å²) in [4.78, 5) is 15.1. The molecule has 2 aromatic rings. The third kappa shape index (κ3) is 3.35. The van der Waals surface area contributed by atoms with E-state index in [9.17, 15) is 4.79 Å². The summed E-state index contributed by atoms with van der Waals surface area (Å²) >= 11 is 6.05. The molecule has 4 heterocycles. The first-order chi connectivity index (χ1) is 11.7. The second kappa shape index (κ2) is 6.61. The number of nitrogens with one attached hydrogen (secondary N) is 1. The van der Waals surface area contributed by atoms with E-state index in [-0.39, 0.29) is 12.1 Å². The van der Waals surface area contributed by atoms with Crippen molar-refractivity contribution >= 4 is 17.6 Å². The van der Waals surface area contributed by atoms with Crippen LogP contribution in [0.3, 0.4) is 0 Å². The minimum absolute atomic E-state index is 0.0456. The summed E-state index contributed by atoms with van der Waals surface area (Å²) in [5.74, 6) is 0.765. The largest absolute Gasteiger partial charge is 0.333 e. The average molecular weight is 344 g/mol. The summed E-state index contributed by atoms with van der Waals surface area (Å²) in [7, 11) is 0. The third-order valence-corrected chi connectivity index (χ3v) is 5.45. The van der Waals surface area contributed by atoms with Crippen LogP contribution < -0.4 is 5.32 Å². The first-order valence-electron chi connectivity index (χ1n) is 8.64. The Kier molecular flexibility index (Phi) is 4.33. The zero-order valence-corrected chi connectivity index (χ0v) is 14.4. The van der Waals surface area contributed by atoms with Crippen LogP contribution in [0.4, 0.5) is 4.79 Å². The maximum Gasteiger partial charge on any atom is 0.325 e. The van der Waals surface area contributed by atoms with Gasteiger partial charge in [0.15, 0.2) is 0 Å². The van der Waals surface area contributed by atoms with Crippen molar-refractivity contribution in [2.45, 2.75) is 25.3 Å². The summed E-state index contributed by atoms with van der Waals surface area (Å²) in [6, 6.07) is 9.84. The second-order valence-corrected chi connectivity index (χ2v) is 7.38. The molecule has 126 valence electrons. The second-order valence-electron chi connectivity index (χ2n) is 6.94. The molecule has 24 heavy (non-hydrogen) atoms. The lowest BCUT2D eigenvalue weighted by atomic mass is 9.94. The molecular formula is C19H22ClN3O. The molecule has 1 aromatic carbocycles. The Morgan fingerprint density at radius 2 is 2.00 bits per heavy atom. The zero-order valence-electron chi connectivity index (χ0n) is 13.6. The van der Waals surface area contributed by atoms with Gasteiger partial charge in [-0.15, -0.1) is 0 Å². The molecule has 1 unspecified atom stereocenters. The highest BCUT2D eigenvalue weighted by Crippen LogP contribution is 2.27. The fourth-order valence-corrected chi connectivity index (χ4v) is 4.10. The summed E-state index contributed by atoms with van der Waals surface area (Å²) in [5.41, 5.74) is 2.02. The smallest absolute Gasteiger partial charge is 0.325 e. The minimum Gasteiger partial charge on any atom is -0.333 e. The van der Waals surface area contributed by atoms with E-state index in [0.717, 1.165) is 30.0 Å². The maximum atomic E-state index is 12.6. The van der Waals surface area contributed by atoms with E-state index in [1.54, 1.807) is 4.57 Å². The van der Waals surface area contributed by atoms with Gasteiger partial charge in [-0.2, -0.15) is 0 Å². The molecule has 1 aromatic heterocycles. The molecule has 5 heteroatoms. The van der Waals surface area contributed by atoms with Gasteiger partial charge in [0.25, 0.3) is 0 Å². The molecule has 3 aliphatic rings. The molecule has 1 atom stereocenters. The highest BCUT2D eigenvalue weighted by Gasteiger charge is 2.29. The van der Waals surface area contributed by atoms with Gasteiger partial charge in [-0.25, -0.2) is 4.79 Å². The fourth-order valence-electron chi connectivity index (χ4n) is 3.91. The Labute approximate surface area is 147 Å². The van der Waals surface area contributed by atoms with Crippen LogP contribution in [-0.4, -0.2) is 41.2 Å². The van der Waals surface area contributed by atoms with E-state index < -0.39 is 0 Å². The molecule has 5 rings (SSSR count). The summed E-state index contributed by atoms with van der Waals surface area (Å²) < 4.78 is 1.64. The van der Waals surface area contributed by atoms with Crippen molar-refractivity contribution in [1.29, 1.82) is 0 Å². The van der Waals surface area contributed by atoms with Crippen molar-refractivity contribution in [3.63, 3.8) is 0 Å². The quantitative estimate of drug-likeness (QED) is 0.899. The van der Waals surface area contributed by atoms with Gasteiger partial charge >= 0.3 is 6.03 Å². The highest BCUT2D eigenvalue weighted by atomic mass is 35.5. The fraction of sp³-hybridized carbons (Fsp3) is 0.421. The first kappa shape index (κ1) is 15.7. The van der Waals surface area contributed by atoms with Crippen molar-refractivity contribution in [3.8, 4) is 11.1 Å². The number of benzene rings is 1. The number of carbonyl (C=O) groups is 1. The standard InChI is InChI=1S/C19H22ClN3O/c20-17-3-1-2-15(11-17)16-6-9-23(12-16)19(24)21-18-10-14-4-7-22(13-18)8-5-14/h1-3,6,9,11-12,14,18H,4-5,7-8,10,13H2,(H,21,24). The van der Waals surface area contributed by atoms with Crippen LogP contribution in [0.5, 0.6) is 0 Å². The average Bonchev–Trinajstić information content (AvgIpc) is 2.90. The van der Waals surface area contributed by atoms with Gasteiger partial charge in [-0.3, -0.25) is 4.57 Å². The van der Waals surface area contributed by atoms with Gasteiger partial charge in [0.2, 0.25) is 0 Å². The summed E-state index contributed by atoms with van der Waals surface area (Å²) in [6.07, 6.45) is 7.33. The maximum absolute atomic E-state index is 12.6. The molecule has 1 amide bonds. The number of amides is 1. The van der Waals surface area contributed by atoms with Crippen molar-refractivity contribution < 1.29 is 4.79 Å². The first-order valence-corrected chi connectivity index (χ1v) is 9.02. The molecule has 3 saturated heterocycles. The van der Waals surface area contributed by atoms with Crippen molar-refractivity contribution in [3.05, 3.63) is 47.7 Å². The molecule has 0 radical (unpaired) electrons. The Bertz CT molecular complexity index is 720. The van der Waals surface area contributed by atoms with Crippen LogP contribution in [0.1, 0.15) is 19.3 Å². The third-order valence-electron chi connectivity index (χ3n) is 5.22. The van der Waals surface area contributed by atoms with Crippen LogP contribution in [0.25, 0.3) is 11.1 Å². The van der Waals surface area contributed by atoms with Gasteiger partial charge in [-0.05, 0) is 67.6 Å². The molecule has 1 N–H and O–H groups in total. The normalized spacial score (nSPS) is 26.1. The highest BCUT2D eigenvalue weighted by molar-refractivity contribution is 6.30. The topological polar surface area (TPSA) is 37.3 Å². The SMILES string of the molecule is O=C(NC1CC2CCN(CC2)C1)n1ccc(-c2cccc(Cl)c2)c1. The molecule has 4 nitrogen and oxygen atoms in total. The van der Waals surface area contributed by atoms with Gasteiger partial charge in [-0.1, -0.05) is 23.7 Å². The van der Waals surface area contributed by atoms with Gasteiger partial charge in [0, 0.05) is 30.0 Å². The van der Waals surface area contributed by atoms with Crippen LogP contribution in [0, 0.1) is 5.92 Å². The van der Waals surface area contributed by atoms with Crippen LogP contribution >= 0.6 is 11.6 Å². The van der Waals surface area contributed by atoms with Crippen LogP contribution in [-0.2, 0) is 0 Å². The lowest BCUT2D eigenvalue weighted by Gasteiger charge is -2.26. The number of piperidine rings is 1. The molecule has 3 fully saturated rings. The molecule has 2 bridgehead atoms.